The fraction of sp³-hybridized carbons (Fsp3) is 0.533. The Kier molecular flexibility index (Phi) is 7.29. The molecule has 21 heavy (non-hydrogen) atoms. The third kappa shape index (κ3) is 5.06. The lowest BCUT2D eigenvalue weighted by molar-refractivity contribution is -0.141. The molecule has 1 amide bonds. The largest absolute Gasteiger partial charge is 0.480 e. The van der Waals surface area contributed by atoms with Crippen molar-refractivity contribution in [1.82, 2.24) is 10.2 Å². The molecule has 2 rings (SSSR count). The molecule has 0 spiro atoms. The highest BCUT2D eigenvalue weighted by atomic mass is 35.5. The van der Waals surface area contributed by atoms with Gasteiger partial charge in [-0.25, -0.2) is 0 Å². The monoisotopic (exact) mass is 332 g/mol. The molecule has 4 nitrogen and oxygen atoms in total. The third-order valence-electron chi connectivity index (χ3n) is 3.34. The van der Waals surface area contributed by atoms with Crippen molar-refractivity contribution in [3.63, 3.8) is 0 Å². The fourth-order valence-corrected chi connectivity index (χ4v) is 2.40. The van der Waals surface area contributed by atoms with Crippen LogP contribution in [-0.2, 0) is 4.79 Å². The highest BCUT2D eigenvalue weighted by molar-refractivity contribution is 6.30. The molecule has 1 N–H and O–H groups in total. The van der Waals surface area contributed by atoms with E-state index in [4.69, 9.17) is 16.3 Å². The van der Waals surface area contributed by atoms with Crippen molar-refractivity contribution in [2.45, 2.75) is 20.0 Å². The lowest BCUT2D eigenvalue weighted by Gasteiger charge is -2.32. The Hall–Kier alpha value is -0.970. The predicted molar refractivity (Wildman–Crippen MR) is 87.4 cm³/mol. The van der Waals surface area contributed by atoms with E-state index in [0.29, 0.717) is 10.8 Å². The van der Waals surface area contributed by atoms with Crippen molar-refractivity contribution in [2.75, 3.05) is 26.2 Å². The zero-order valence-electron chi connectivity index (χ0n) is 12.3. The van der Waals surface area contributed by atoms with Crippen LogP contribution in [-0.4, -0.2) is 43.1 Å². The summed E-state index contributed by atoms with van der Waals surface area (Å²) in [6.07, 6.45) is -0.466. The molecule has 1 fully saturated rings. The highest BCUT2D eigenvalue weighted by Gasteiger charge is 2.29. The van der Waals surface area contributed by atoms with Gasteiger partial charge in [0.25, 0.3) is 5.91 Å². The first kappa shape index (κ1) is 18.1. The zero-order valence-corrected chi connectivity index (χ0v) is 13.9. The van der Waals surface area contributed by atoms with E-state index in [9.17, 15) is 4.79 Å². The molecule has 0 aromatic heterocycles. The van der Waals surface area contributed by atoms with Crippen LogP contribution in [0.4, 0.5) is 0 Å². The maximum Gasteiger partial charge on any atom is 0.263 e. The topological polar surface area (TPSA) is 41.6 Å². The van der Waals surface area contributed by atoms with Crippen molar-refractivity contribution >= 4 is 29.9 Å². The number of nitrogens with one attached hydrogen (secondary N) is 1. The second kappa shape index (κ2) is 8.47. The van der Waals surface area contributed by atoms with Crippen LogP contribution in [0.15, 0.2) is 24.3 Å². The van der Waals surface area contributed by atoms with E-state index in [1.54, 1.807) is 12.1 Å². The van der Waals surface area contributed by atoms with Crippen molar-refractivity contribution in [3.05, 3.63) is 29.3 Å². The first-order valence-corrected chi connectivity index (χ1v) is 7.37. The molecular formula is C15H22Cl2N2O2. The lowest BCUT2D eigenvalue weighted by Crippen LogP contribution is -2.52. The highest BCUT2D eigenvalue weighted by Crippen LogP contribution is 2.21. The van der Waals surface area contributed by atoms with Crippen LogP contribution >= 0.6 is 24.0 Å². The lowest BCUT2D eigenvalue weighted by atomic mass is 10.1. The van der Waals surface area contributed by atoms with Crippen molar-refractivity contribution in [3.8, 4) is 5.75 Å². The van der Waals surface area contributed by atoms with Gasteiger partial charge in [0.2, 0.25) is 0 Å². The van der Waals surface area contributed by atoms with Gasteiger partial charge in [-0.05, 0) is 24.1 Å². The molecule has 1 heterocycles. The van der Waals surface area contributed by atoms with Crippen molar-refractivity contribution in [1.29, 1.82) is 0 Å². The second-order valence-corrected chi connectivity index (χ2v) is 5.75. The number of carbonyl (C=O) groups is 1. The Morgan fingerprint density at radius 2 is 2.00 bits per heavy atom. The molecule has 0 bridgehead atoms. The first-order valence-electron chi connectivity index (χ1n) is 6.99. The summed E-state index contributed by atoms with van der Waals surface area (Å²) in [6.45, 7) is 7.15. The maximum atomic E-state index is 12.6. The molecule has 0 saturated carbocycles. The van der Waals surface area contributed by atoms with Gasteiger partial charge < -0.3 is 15.0 Å². The number of hydrogen-bond acceptors (Lipinski definition) is 3. The SMILES string of the molecule is CC(C)C(Oc1cccc(Cl)c1)C(=O)N1CCNCC1.Cl. The minimum atomic E-state index is -0.466. The molecule has 6 heteroatoms. The predicted octanol–water partition coefficient (Wildman–Crippen LogP) is 2.60. The van der Waals surface area contributed by atoms with Crippen molar-refractivity contribution in [2.24, 2.45) is 5.92 Å². The number of rotatable bonds is 4. The summed E-state index contributed by atoms with van der Waals surface area (Å²) in [5.74, 6) is 0.803. The average Bonchev–Trinajstić information content (AvgIpc) is 2.45. The molecule has 118 valence electrons. The van der Waals surface area contributed by atoms with Gasteiger partial charge in [0, 0.05) is 31.2 Å². The number of carbonyl (C=O) groups excluding carboxylic acids is 1. The summed E-state index contributed by atoms with van der Waals surface area (Å²) < 4.78 is 5.88. The van der Waals surface area contributed by atoms with Gasteiger partial charge >= 0.3 is 0 Å². The third-order valence-corrected chi connectivity index (χ3v) is 3.57. The van der Waals surface area contributed by atoms with Gasteiger partial charge in [0.1, 0.15) is 5.75 Å². The summed E-state index contributed by atoms with van der Waals surface area (Å²) >= 11 is 5.95. The van der Waals surface area contributed by atoms with Gasteiger partial charge in [0.05, 0.1) is 0 Å². The van der Waals surface area contributed by atoms with Gasteiger partial charge in [-0.1, -0.05) is 31.5 Å². The number of piperazine rings is 1. The van der Waals surface area contributed by atoms with E-state index in [2.05, 4.69) is 5.32 Å². The molecule has 1 aromatic rings. The summed E-state index contributed by atoms with van der Waals surface area (Å²) in [4.78, 5) is 14.4. The van der Waals surface area contributed by atoms with Crippen LogP contribution in [0.3, 0.4) is 0 Å². The summed E-state index contributed by atoms with van der Waals surface area (Å²) in [7, 11) is 0. The molecule has 1 aromatic carbocycles. The second-order valence-electron chi connectivity index (χ2n) is 5.32. The quantitative estimate of drug-likeness (QED) is 0.921. The smallest absolute Gasteiger partial charge is 0.263 e. The normalized spacial score (nSPS) is 16.3. The number of benzene rings is 1. The van der Waals surface area contributed by atoms with Gasteiger partial charge in [-0.2, -0.15) is 0 Å². The van der Waals surface area contributed by atoms with Crippen LogP contribution in [0.2, 0.25) is 5.02 Å². The Balaban J connectivity index is 0.00000220. The molecule has 1 saturated heterocycles. The van der Waals surface area contributed by atoms with Gasteiger partial charge in [-0.3, -0.25) is 4.79 Å². The van der Waals surface area contributed by atoms with E-state index in [1.807, 2.05) is 30.9 Å². The number of ether oxygens (including phenoxy) is 1. The number of nitrogens with zero attached hydrogens (tertiary/aromatic N) is 1. The molecule has 0 aliphatic carbocycles. The number of amides is 1. The number of hydrogen-bond donors (Lipinski definition) is 1. The first-order chi connectivity index (χ1) is 9.58. The summed E-state index contributed by atoms with van der Waals surface area (Å²) in [6, 6.07) is 7.18. The molecule has 1 atom stereocenters. The van der Waals surface area contributed by atoms with Gasteiger partial charge in [-0.15, -0.1) is 12.4 Å². The van der Waals surface area contributed by atoms with E-state index in [1.165, 1.54) is 0 Å². The Morgan fingerprint density at radius 3 is 2.57 bits per heavy atom. The minimum absolute atomic E-state index is 0. The van der Waals surface area contributed by atoms with E-state index in [0.717, 1.165) is 26.2 Å². The van der Waals surface area contributed by atoms with Crippen LogP contribution < -0.4 is 10.1 Å². The minimum Gasteiger partial charge on any atom is -0.480 e. The van der Waals surface area contributed by atoms with Crippen LogP contribution in [0.1, 0.15) is 13.8 Å². The summed E-state index contributed by atoms with van der Waals surface area (Å²) in [5.41, 5.74) is 0. The van der Waals surface area contributed by atoms with Crippen LogP contribution in [0.25, 0.3) is 0 Å². The molecule has 0 radical (unpaired) electrons. The Morgan fingerprint density at radius 1 is 1.33 bits per heavy atom. The average molecular weight is 333 g/mol. The standard InChI is InChI=1S/C15H21ClN2O2.ClH/c1-11(2)14(15(19)18-8-6-17-7-9-18)20-13-5-3-4-12(16)10-13;/h3-5,10-11,14,17H,6-9H2,1-2H3;1H. The van der Waals surface area contributed by atoms with Crippen LogP contribution in [0.5, 0.6) is 5.75 Å². The molecule has 1 aliphatic rings. The van der Waals surface area contributed by atoms with Crippen LogP contribution in [0, 0.1) is 5.92 Å². The van der Waals surface area contributed by atoms with Gasteiger partial charge in [0.15, 0.2) is 6.10 Å². The fourth-order valence-electron chi connectivity index (χ4n) is 2.22. The maximum absolute atomic E-state index is 12.6. The number of halogens is 2. The zero-order chi connectivity index (χ0) is 14.5. The Labute approximate surface area is 137 Å². The van der Waals surface area contributed by atoms with E-state index >= 15 is 0 Å². The molecule has 1 aliphatic heterocycles. The summed E-state index contributed by atoms with van der Waals surface area (Å²) in [5, 5.41) is 3.85. The van der Waals surface area contributed by atoms with E-state index < -0.39 is 6.10 Å². The molecule has 1 unspecified atom stereocenters. The van der Waals surface area contributed by atoms with E-state index in [-0.39, 0.29) is 24.2 Å². The van der Waals surface area contributed by atoms with Crippen molar-refractivity contribution < 1.29 is 9.53 Å². The molecular weight excluding hydrogens is 311 g/mol. The Bertz CT molecular complexity index is 463.